The third-order valence-corrected chi connectivity index (χ3v) is 8.43. The molecule has 32 heavy (non-hydrogen) atoms. The first-order chi connectivity index (χ1) is 15.5. The van der Waals surface area contributed by atoms with Crippen LogP contribution < -0.4 is 14.4 Å². The van der Waals surface area contributed by atoms with E-state index in [9.17, 15) is 13.2 Å². The molecule has 7 nitrogen and oxygen atoms in total. The Morgan fingerprint density at radius 3 is 2.47 bits per heavy atom. The molecule has 3 aliphatic rings. The van der Waals surface area contributed by atoms with Crippen LogP contribution in [0.2, 0.25) is 0 Å². The standard InChI is InChI=1S/C24H28N2O5S/c27-24(26-12-3-6-18-5-1-2-7-21(18)26)19-10-13-25(14-11-19)32(28,29)20-8-9-22-23(17-20)31-16-4-15-30-22/h1-2,5,7-9,17,19H,3-4,6,10-16H2. The van der Waals surface area contributed by atoms with Crippen molar-refractivity contribution in [1.82, 2.24) is 4.31 Å². The van der Waals surface area contributed by atoms with Crippen molar-refractivity contribution in [3.05, 3.63) is 48.0 Å². The number of nitrogens with zero attached hydrogens (tertiary/aromatic N) is 2. The van der Waals surface area contributed by atoms with Gasteiger partial charge in [0.1, 0.15) is 0 Å². The molecule has 0 aliphatic carbocycles. The molecule has 0 unspecified atom stereocenters. The molecule has 0 radical (unpaired) electrons. The topological polar surface area (TPSA) is 76.2 Å². The number of aryl methyl sites for hydroxylation is 1. The summed E-state index contributed by atoms with van der Waals surface area (Å²) < 4.78 is 39.2. The largest absolute Gasteiger partial charge is 0.490 e. The molecule has 3 aliphatic heterocycles. The summed E-state index contributed by atoms with van der Waals surface area (Å²) in [6.45, 7) is 2.46. The molecule has 0 bridgehead atoms. The summed E-state index contributed by atoms with van der Waals surface area (Å²) >= 11 is 0. The molecule has 0 N–H and O–H groups in total. The van der Waals surface area contributed by atoms with Crippen LogP contribution in [0.25, 0.3) is 0 Å². The molecule has 2 aromatic carbocycles. The van der Waals surface area contributed by atoms with Gasteiger partial charge in [-0.2, -0.15) is 4.31 Å². The van der Waals surface area contributed by atoms with Gasteiger partial charge < -0.3 is 14.4 Å². The van der Waals surface area contributed by atoms with Gasteiger partial charge in [0, 0.05) is 43.7 Å². The maximum absolute atomic E-state index is 13.3. The van der Waals surface area contributed by atoms with Gasteiger partial charge in [-0.15, -0.1) is 0 Å². The minimum Gasteiger partial charge on any atom is -0.490 e. The number of ether oxygens (including phenoxy) is 2. The van der Waals surface area contributed by atoms with Crippen molar-refractivity contribution >= 4 is 21.6 Å². The fourth-order valence-electron chi connectivity index (χ4n) is 4.78. The summed E-state index contributed by atoms with van der Waals surface area (Å²) in [5, 5.41) is 0. The van der Waals surface area contributed by atoms with E-state index in [2.05, 4.69) is 6.07 Å². The Kier molecular flexibility index (Phi) is 5.82. The fourth-order valence-corrected chi connectivity index (χ4v) is 6.26. The van der Waals surface area contributed by atoms with Crippen LogP contribution in [0.1, 0.15) is 31.2 Å². The van der Waals surface area contributed by atoms with Crippen molar-refractivity contribution in [2.45, 2.75) is 37.0 Å². The van der Waals surface area contributed by atoms with Gasteiger partial charge in [-0.25, -0.2) is 8.42 Å². The quantitative estimate of drug-likeness (QED) is 0.709. The number of fused-ring (bicyclic) bond motifs is 2. The van der Waals surface area contributed by atoms with Crippen LogP contribution >= 0.6 is 0 Å². The summed E-state index contributed by atoms with van der Waals surface area (Å²) in [7, 11) is -3.66. The number of hydrogen-bond acceptors (Lipinski definition) is 5. The van der Waals surface area contributed by atoms with E-state index in [0.29, 0.717) is 50.6 Å². The first-order valence-electron chi connectivity index (χ1n) is 11.3. The maximum atomic E-state index is 13.3. The highest BCUT2D eigenvalue weighted by atomic mass is 32.2. The number of piperidine rings is 1. The smallest absolute Gasteiger partial charge is 0.243 e. The molecule has 5 rings (SSSR count). The van der Waals surface area contributed by atoms with Crippen LogP contribution in [0.5, 0.6) is 11.5 Å². The zero-order valence-corrected chi connectivity index (χ0v) is 18.9. The van der Waals surface area contributed by atoms with E-state index >= 15 is 0 Å². The molecule has 0 atom stereocenters. The van der Waals surface area contributed by atoms with Gasteiger partial charge in [-0.3, -0.25) is 4.79 Å². The average molecular weight is 457 g/mol. The van der Waals surface area contributed by atoms with E-state index in [4.69, 9.17) is 9.47 Å². The van der Waals surface area contributed by atoms with Gasteiger partial charge in [0.05, 0.1) is 18.1 Å². The highest BCUT2D eigenvalue weighted by molar-refractivity contribution is 7.89. The lowest BCUT2D eigenvalue weighted by Crippen LogP contribution is -2.45. The number of carbonyl (C=O) groups is 1. The number of hydrogen-bond donors (Lipinski definition) is 0. The summed E-state index contributed by atoms with van der Waals surface area (Å²) in [6.07, 6.45) is 3.77. The van der Waals surface area contributed by atoms with Gasteiger partial charge in [0.2, 0.25) is 15.9 Å². The van der Waals surface area contributed by atoms with Crippen LogP contribution in [0.3, 0.4) is 0 Å². The number of anilines is 1. The molecule has 2 aromatic rings. The molecule has 170 valence electrons. The summed E-state index contributed by atoms with van der Waals surface area (Å²) in [6, 6.07) is 12.9. The van der Waals surface area contributed by atoms with Crippen molar-refractivity contribution in [2.75, 3.05) is 37.7 Å². The predicted molar refractivity (Wildman–Crippen MR) is 121 cm³/mol. The number of benzene rings is 2. The molecule has 8 heteroatoms. The summed E-state index contributed by atoms with van der Waals surface area (Å²) in [5.74, 6) is 1.01. The summed E-state index contributed by atoms with van der Waals surface area (Å²) in [5.41, 5.74) is 2.22. The zero-order chi connectivity index (χ0) is 22.1. The average Bonchev–Trinajstić information content (AvgIpc) is 3.08. The lowest BCUT2D eigenvalue weighted by molar-refractivity contribution is -0.123. The first-order valence-corrected chi connectivity index (χ1v) is 12.8. The number of carbonyl (C=O) groups excluding carboxylic acids is 1. The van der Waals surface area contributed by atoms with Crippen LogP contribution in [0, 0.1) is 5.92 Å². The predicted octanol–water partition coefficient (Wildman–Crippen LogP) is 3.23. The number of amides is 1. The van der Waals surface area contributed by atoms with Crippen molar-refractivity contribution in [1.29, 1.82) is 0 Å². The van der Waals surface area contributed by atoms with Crippen molar-refractivity contribution < 1.29 is 22.7 Å². The number of sulfonamides is 1. The minimum atomic E-state index is -3.66. The Morgan fingerprint density at radius 2 is 1.66 bits per heavy atom. The Hall–Kier alpha value is -2.58. The molecule has 1 amide bonds. The Labute approximate surface area is 189 Å². The number of para-hydroxylation sites is 1. The van der Waals surface area contributed by atoms with Gasteiger partial charge in [-0.05, 0) is 49.4 Å². The number of rotatable bonds is 3. The zero-order valence-electron chi connectivity index (χ0n) is 18.0. The second-order valence-corrected chi connectivity index (χ2v) is 10.5. The van der Waals surface area contributed by atoms with Gasteiger partial charge in [-0.1, -0.05) is 18.2 Å². The van der Waals surface area contributed by atoms with Crippen molar-refractivity contribution in [2.24, 2.45) is 5.92 Å². The van der Waals surface area contributed by atoms with Crippen LogP contribution in [0.15, 0.2) is 47.4 Å². The Balaban J connectivity index is 1.28. The molecule has 3 heterocycles. The lowest BCUT2D eigenvalue weighted by atomic mass is 9.94. The van der Waals surface area contributed by atoms with E-state index in [-0.39, 0.29) is 16.7 Å². The van der Waals surface area contributed by atoms with E-state index in [1.165, 1.54) is 9.87 Å². The van der Waals surface area contributed by atoms with Crippen LogP contribution in [0.4, 0.5) is 5.69 Å². The molecular weight excluding hydrogens is 428 g/mol. The summed E-state index contributed by atoms with van der Waals surface area (Å²) in [4.78, 5) is 15.4. The van der Waals surface area contributed by atoms with Crippen LogP contribution in [-0.4, -0.2) is 51.5 Å². The van der Waals surface area contributed by atoms with E-state index in [1.54, 1.807) is 18.2 Å². The highest BCUT2D eigenvalue weighted by Gasteiger charge is 2.35. The second kappa shape index (κ2) is 8.75. The van der Waals surface area contributed by atoms with E-state index in [1.807, 2.05) is 23.1 Å². The highest BCUT2D eigenvalue weighted by Crippen LogP contribution is 2.35. The third-order valence-electron chi connectivity index (χ3n) is 6.54. The Bertz CT molecular complexity index is 1110. The Morgan fingerprint density at radius 1 is 0.906 bits per heavy atom. The van der Waals surface area contributed by atoms with Gasteiger partial charge in [0.25, 0.3) is 0 Å². The van der Waals surface area contributed by atoms with Crippen molar-refractivity contribution in [3.63, 3.8) is 0 Å². The monoisotopic (exact) mass is 456 g/mol. The second-order valence-electron chi connectivity index (χ2n) is 8.56. The minimum absolute atomic E-state index is 0.116. The third kappa shape index (κ3) is 3.97. The van der Waals surface area contributed by atoms with Crippen LogP contribution in [-0.2, 0) is 21.2 Å². The van der Waals surface area contributed by atoms with E-state index < -0.39 is 10.0 Å². The fraction of sp³-hybridized carbons (Fsp3) is 0.458. The van der Waals surface area contributed by atoms with E-state index in [0.717, 1.165) is 31.5 Å². The molecule has 0 saturated carbocycles. The van der Waals surface area contributed by atoms with Crippen molar-refractivity contribution in [3.8, 4) is 11.5 Å². The molecular formula is C24H28N2O5S. The molecule has 1 fully saturated rings. The molecule has 0 spiro atoms. The van der Waals surface area contributed by atoms with Gasteiger partial charge >= 0.3 is 0 Å². The maximum Gasteiger partial charge on any atom is 0.243 e. The molecule has 0 aromatic heterocycles. The van der Waals surface area contributed by atoms with Gasteiger partial charge in [0.15, 0.2) is 11.5 Å². The SMILES string of the molecule is O=C(C1CCN(S(=O)(=O)c2ccc3c(c2)OCCCO3)CC1)N1CCCc2ccccc21. The normalized spacial score (nSPS) is 19.8. The molecule has 1 saturated heterocycles. The lowest BCUT2D eigenvalue weighted by Gasteiger charge is -2.36. The first kappa shape index (κ1) is 21.3.